The van der Waals surface area contributed by atoms with E-state index >= 15 is 0 Å². The topological polar surface area (TPSA) is 109 Å². The van der Waals surface area contributed by atoms with E-state index in [1.807, 2.05) is 44.2 Å². The largest absolute Gasteiger partial charge is 0.472 e. The average molecular weight is 490 g/mol. The van der Waals surface area contributed by atoms with E-state index in [9.17, 15) is 14.7 Å². The lowest BCUT2D eigenvalue weighted by Crippen LogP contribution is -2.50. The van der Waals surface area contributed by atoms with Crippen LogP contribution in [0.25, 0.3) is 11.1 Å². The molecule has 0 saturated heterocycles. The fraction of sp³-hybridized carbons (Fsp3) is 0.370. The molecule has 0 saturated carbocycles. The third-order valence-corrected chi connectivity index (χ3v) is 6.47. The van der Waals surface area contributed by atoms with Crippen molar-refractivity contribution >= 4 is 11.8 Å². The van der Waals surface area contributed by atoms with Gasteiger partial charge < -0.3 is 19.6 Å². The molecule has 3 aromatic rings. The number of aromatic nitrogens is 3. The Morgan fingerprint density at radius 1 is 1.19 bits per heavy atom. The quantitative estimate of drug-likeness (QED) is 0.543. The molecule has 0 unspecified atom stereocenters. The number of likely N-dealkylation sites (N-methyl/N-ethyl adjacent to an activating group) is 1. The predicted octanol–water partition coefficient (Wildman–Crippen LogP) is 2.46. The van der Waals surface area contributed by atoms with Crippen LogP contribution in [0.3, 0.4) is 0 Å². The van der Waals surface area contributed by atoms with Gasteiger partial charge >= 0.3 is 0 Å². The van der Waals surface area contributed by atoms with E-state index in [2.05, 4.69) is 15.0 Å². The molecule has 1 aliphatic rings. The predicted molar refractivity (Wildman–Crippen MR) is 134 cm³/mol. The second-order valence-corrected chi connectivity index (χ2v) is 9.21. The van der Waals surface area contributed by atoms with Gasteiger partial charge in [-0.3, -0.25) is 19.6 Å². The number of amides is 2. The van der Waals surface area contributed by atoms with Crippen LogP contribution in [0, 0.1) is 5.92 Å². The van der Waals surface area contributed by atoms with Crippen LogP contribution in [-0.2, 0) is 11.2 Å². The molecule has 9 nitrogen and oxygen atoms in total. The van der Waals surface area contributed by atoms with Gasteiger partial charge in [0.2, 0.25) is 11.8 Å². The molecule has 3 aromatic heterocycles. The molecule has 36 heavy (non-hydrogen) atoms. The lowest BCUT2D eigenvalue weighted by atomic mass is 9.99. The van der Waals surface area contributed by atoms with Crippen molar-refractivity contribution in [3.63, 3.8) is 0 Å². The Bertz CT molecular complexity index is 1190. The van der Waals surface area contributed by atoms with Crippen molar-refractivity contribution in [2.75, 3.05) is 26.7 Å². The van der Waals surface area contributed by atoms with Crippen molar-refractivity contribution in [2.24, 2.45) is 5.92 Å². The van der Waals surface area contributed by atoms with E-state index in [4.69, 9.17) is 4.74 Å². The minimum absolute atomic E-state index is 0.0792. The number of hydrogen-bond donors (Lipinski definition) is 1. The van der Waals surface area contributed by atoms with Crippen LogP contribution in [0.1, 0.15) is 29.9 Å². The molecule has 0 radical (unpaired) electrons. The Kier molecular flexibility index (Phi) is 7.90. The van der Waals surface area contributed by atoms with Gasteiger partial charge in [0.15, 0.2) is 0 Å². The molecule has 0 spiro atoms. The zero-order valence-corrected chi connectivity index (χ0v) is 20.7. The minimum atomic E-state index is -0.415. The summed E-state index contributed by atoms with van der Waals surface area (Å²) in [5.41, 5.74) is 2.66. The summed E-state index contributed by atoms with van der Waals surface area (Å²) < 4.78 is 6.30. The first-order chi connectivity index (χ1) is 17.4. The number of carbonyl (C=O) groups excluding carboxylic acids is 2. The summed E-state index contributed by atoms with van der Waals surface area (Å²) in [5, 5.41) is 9.85. The maximum atomic E-state index is 13.6. The second-order valence-electron chi connectivity index (χ2n) is 9.21. The van der Waals surface area contributed by atoms with E-state index in [0.29, 0.717) is 24.3 Å². The van der Waals surface area contributed by atoms with Crippen molar-refractivity contribution in [3.8, 4) is 17.0 Å². The van der Waals surface area contributed by atoms with Crippen LogP contribution in [-0.4, -0.2) is 80.6 Å². The van der Waals surface area contributed by atoms with Gasteiger partial charge in [-0.25, -0.2) is 4.98 Å². The fourth-order valence-corrected chi connectivity index (χ4v) is 4.19. The number of aliphatic hydroxyl groups is 1. The molecule has 2 amide bonds. The van der Waals surface area contributed by atoms with Crippen LogP contribution in [0.4, 0.5) is 0 Å². The normalized spacial score (nSPS) is 18.4. The second kappa shape index (κ2) is 11.3. The number of pyridine rings is 3. The van der Waals surface area contributed by atoms with Crippen molar-refractivity contribution < 1.29 is 19.4 Å². The van der Waals surface area contributed by atoms with Crippen molar-refractivity contribution in [2.45, 2.75) is 32.4 Å². The lowest BCUT2D eigenvalue weighted by Gasteiger charge is -2.37. The molecule has 1 aliphatic heterocycles. The van der Waals surface area contributed by atoms with Gasteiger partial charge in [0.1, 0.15) is 11.7 Å². The van der Waals surface area contributed by atoms with Gasteiger partial charge in [0, 0.05) is 55.6 Å². The van der Waals surface area contributed by atoms with Crippen LogP contribution in [0.5, 0.6) is 5.88 Å². The van der Waals surface area contributed by atoms with Crippen LogP contribution in [0.15, 0.2) is 61.2 Å². The smallest absolute Gasteiger partial charge is 0.259 e. The lowest BCUT2D eigenvalue weighted by molar-refractivity contribution is -0.130. The molecule has 4 rings (SSSR count). The summed E-state index contributed by atoms with van der Waals surface area (Å²) in [6.45, 7) is 4.30. The molecular formula is C27H31N5O4. The molecular weight excluding hydrogens is 458 g/mol. The first kappa shape index (κ1) is 25.2. The molecule has 0 aliphatic carbocycles. The third kappa shape index (κ3) is 5.68. The van der Waals surface area contributed by atoms with E-state index in [1.54, 1.807) is 47.7 Å². The highest BCUT2D eigenvalue weighted by atomic mass is 16.5. The Hall–Kier alpha value is -3.85. The van der Waals surface area contributed by atoms with Crippen LogP contribution < -0.4 is 4.74 Å². The first-order valence-corrected chi connectivity index (χ1v) is 12.0. The van der Waals surface area contributed by atoms with Gasteiger partial charge in [0.05, 0.1) is 25.6 Å². The van der Waals surface area contributed by atoms with Crippen molar-refractivity contribution in [1.82, 2.24) is 24.8 Å². The summed E-state index contributed by atoms with van der Waals surface area (Å²) in [6.07, 6.45) is 6.47. The zero-order valence-electron chi connectivity index (χ0n) is 20.7. The fourth-order valence-electron chi connectivity index (χ4n) is 4.19. The van der Waals surface area contributed by atoms with Gasteiger partial charge in [-0.05, 0) is 42.8 Å². The van der Waals surface area contributed by atoms with Crippen molar-refractivity contribution in [1.29, 1.82) is 0 Å². The maximum absolute atomic E-state index is 13.6. The summed E-state index contributed by atoms with van der Waals surface area (Å²) in [5.74, 6) is -0.234. The molecule has 4 heterocycles. The molecule has 0 aromatic carbocycles. The minimum Gasteiger partial charge on any atom is -0.472 e. The highest BCUT2D eigenvalue weighted by molar-refractivity contribution is 5.98. The van der Waals surface area contributed by atoms with Gasteiger partial charge in [-0.2, -0.15) is 0 Å². The summed E-state index contributed by atoms with van der Waals surface area (Å²) in [7, 11) is 1.74. The van der Waals surface area contributed by atoms with Crippen LogP contribution in [0.2, 0.25) is 0 Å². The Morgan fingerprint density at radius 2 is 1.97 bits per heavy atom. The molecule has 1 N–H and O–H groups in total. The number of rotatable bonds is 7. The Morgan fingerprint density at radius 3 is 2.67 bits per heavy atom. The SMILES string of the molecule is C[C@@H]1CN([C@@H](C)CO)C(=O)c2cc(-c3ccncc3)cnc2O[C@H]1CN(C)C(=O)Cc1ccccn1. The number of fused-ring (bicyclic) bond motifs is 1. The van der Waals surface area contributed by atoms with E-state index in [0.717, 1.165) is 11.1 Å². The van der Waals surface area contributed by atoms with E-state index < -0.39 is 6.10 Å². The number of carbonyl (C=O) groups is 2. The maximum Gasteiger partial charge on any atom is 0.259 e. The summed E-state index contributed by atoms with van der Waals surface area (Å²) >= 11 is 0. The monoisotopic (exact) mass is 489 g/mol. The summed E-state index contributed by atoms with van der Waals surface area (Å²) in [6, 6.07) is 10.6. The molecule has 0 bridgehead atoms. The zero-order chi connectivity index (χ0) is 25.7. The number of aliphatic hydroxyl groups excluding tert-OH is 1. The third-order valence-electron chi connectivity index (χ3n) is 6.47. The highest BCUT2D eigenvalue weighted by Crippen LogP contribution is 2.30. The van der Waals surface area contributed by atoms with Crippen LogP contribution >= 0.6 is 0 Å². The number of hydrogen-bond acceptors (Lipinski definition) is 7. The molecule has 3 atom stereocenters. The Labute approximate surface area is 210 Å². The number of nitrogens with zero attached hydrogens (tertiary/aromatic N) is 5. The molecule has 9 heteroatoms. The van der Waals surface area contributed by atoms with Gasteiger partial charge in [-0.1, -0.05) is 13.0 Å². The van der Waals surface area contributed by atoms with E-state index in [1.165, 1.54) is 0 Å². The number of ether oxygens (including phenoxy) is 1. The highest BCUT2D eigenvalue weighted by Gasteiger charge is 2.34. The molecule has 188 valence electrons. The Balaban J connectivity index is 1.62. The summed E-state index contributed by atoms with van der Waals surface area (Å²) in [4.78, 5) is 42.5. The first-order valence-electron chi connectivity index (χ1n) is 12.0. The average Bonchev–Trinajstić information content (AvgIpc) is 2.91. The van der Waals surface area contributed by atoms with Crippen molar-refractivity contribution in [3.05, 3.63) is 72.4 Å². The van der Waals surface area contributed by atoms with Gasteiger partial charge in [-0.15, -0.1) is 0 Å². The molecule has 0 fully saturated rings. The van der Waals surface area contributed by atoms with E-state index in [-0.39, 0.29) is 42.7 Å². The standard InChI is InChI=1S/C27H31N5O4/c1-18-15-32(19(2)17-33)27(35)23-12-21(20-7-10-28-11-8-20)14-30-26(23)36-24(18)16-31(3)25(34)13-22-6-4-5-9-29-22/h4-12,14,18-19,24,33H,13,15-17H2,1-3H3/t18-,19+,24+/m1/s1. The van der Waals surface area contributed by atoms with Gasteiger partial charge in [0.25, 0.3) is 5.91 Å².